The van der Waals surface area contributed by atoms with Crippen molar-refractivity contribution in [2.75, 3.05) is 0 Å². The van der Waals surface area contributed by atoms with Gasteiger partial charge in [-0.3, -0.25) is 4.79 Å². The first-order chi connectivity index (χ1) is 9.15. The van der Waals surface area contributed by atoms with Gasteiger partial charge < -0.3 is 9.62 Å². The summed E-state index contributed by atoms with van der Waals surface area (Å²) in [6.07, 6.45) is 0. The van der Waals surface area contributed by atoms with Crippen molar-refractivity contribution in [1.82, 2.24) is 5.06 Å². The second-order valence-electron chi connectivity index (χ2n) is 6.53. The molecule has 106 valence electrons. The van der Waals surface area contributed by atoms with Crippen LogP contribution in [0.15, 0.2) is 22.6 Å². The Labute approximate surface area is 117 Å². The van der Waals surface area contributed by atoms with E-state index in [1.54, 1.807) is 6.07 Å². The molecule has 1 aliphatic heterocycles. The Bertz CT molecular complexity index is 672. The van der Waals surface area contributed by atoms with Gasteiger partial charge in [-0.05, 0) is 57.0 Å². The van der Waals surface area contributed by atoms with Gasteiger partial charge in [-0.1, -0.05) is 0 Å². The first-order valence-corrected chi connectivity index (χ1v) is 6.74. The van der Waals surface area contributed by atoms with Gasteiger partial charge in [-0.2, -0.15) is 5.06 Å². The van der Waals surface area contributed by atoms with E-state index in [4.69, 9.17) is 4.42 Å². The smallest absolute Gasteiger partial charge is 0.194 e. The van der Waals surface area contributed by atoms with Gasteiger partial charge in [0.2, 0.25) is 0 Å². The number of hydrogen-bond acceptors (Lipinski definition) is 4. The number of rotatable bonds is 1. The average molecular weight is 273 g/mol. The maximum absolute atomic E-state index is 11.4. The summed E-state index contributed by atoms with van der Waals surface area (Å²) < 4.78 is 5.60. The third kappa shape index (κ3) is 1.52. The molecule has 1 N–H and O–H groups in total. The maximum atomic E-state index is 11.4. The predicted octanol–water partition coefficient (Wildman–Crippen LogP) is 3.81. The van der Waals surface area contributed by atoms with E-state index in [1.807, 2.05) is 39.8 Å². The largest absolute Gasteiger partial charge is 0.453 e. The Morgan fingerprint density at radius 3 is 2.20 bits per heavy atom. The van der Waals surface area contributed by atoms with Gasteiger partial charge in [0.25, 0.3) is 0 Å². The molecule has 0 unspecified atom stereocenters. The Hall–Kier alpha value is -1.65. The average Bonchev–Trinajstić information content (AvgIpc) is 2.83. The Kier molecular flexibility index (Phi) is 2.48. The molecular formula is C16H19NO3. The zero-order valence-electron chi connectivity index (χ0n) is 12.4. The zero-order chi connectivity index (χ0) is 14.9. The molecular weight excluding hydrogens is 254 g/mol. The van der Waals surface area contributed by atoms with E-state index < -0.39 is 11.1 Å². The monoisotopic (exact) mass is 273 g/mol. The molecule has 4 heteroatoms. The van der Waals surface area contributed by atoms with Crippen molar-refractivity contribution in [1.29, 1.82) is 0 Å². The molecule has 3 rings (SSSR count). The van der Waals surface area contributed by atoms with Crippen LogP contribution in [-0.2, 0) is 11.1 Å². The summed E-state index contributed by atoms with van der Waals surface area (Å²) in [5.41, 5.74) is 1.82. The van der Waals surface area contributed by atoms with Crippen LogP contribution in [0.1, 0.15) is 56.3 Å². The summed E-state index contributed by atoms with van der Waals surface area (Å²) in [6.45, 7) is 9.41. The lowest BCUT2D eigenvalue weighted by molar-refractivity contribution is -0.216. The minimum absolute atomic E-state index is 0.0799. The van der Waals surface area contributed by atoms with E-state index in [0.29, 0.717) is 11.3 Å². The van der Waals surface area contributed by atoms with Gasteiger partial charge in [-0.15, -0.1) is 0 Å². The molecule has 2 heterocycles. The van der Waals surface area contributed by atoms with Gasteiger partial charge >= 0.3 is 0 Å². The van der Waals surface area contributed by atoms with Crippen LogP contribution < -0.4 is 0 Å². The van der Waals surface area contributed by atoms with Gasteiger partial charge in [-0.25, -0.2) is 0 Å². The zero-order valence-corrected chi connectivity index (χ0v) is 12.4. The molecule has 0 atom stereocenters. The summed E-state index contributed by atoms with van der Waals surface area (Å²) in [5.74, 6) is 0.295. The van der Waals surface area contributed by atoms with Gasteiger partial charge in [0, 0.05) is 12.3 Å². The van der Waals surface area contributed by atoms with Crippen LogP contribution in [0.3, 0.4) is 0 Å². The molecule has 2 aromatic rings. The van der Waals surface area contributed by atoms with Crippen LogP contribution in [0.4, 0.5) is 0 Å². The van der Waals surface area contributed by atoms with Crippen LogP contribution >= 0.6 is 0 Å². The maximum Gasteiger partial charge on any atom is 0.194 e. The molecule has 0 amide bonds. The molecule has 0 bridgehead atoms. The van der Waals surface area contributed by atoms with Crippen LogP contribution in [0.25, 0.3) is 11.0 Å². The number of carbonyl (C=O) groups is 1. The molecule has 0 spiro atoms. The Morgan fingerprint density at radius 2 is 1.65 bits per heavy atom. The van der Waals surface area contributed by atoms with E-state index in [2.05, 4.69) is 0 Å². The fourth-order valence-electron chi connectivity index (χ4n) is 3.20. The minimum Gasteiger partial charge on any atom is -0.453 e. The molecule has 0 saturated carbocycles. The highest BCUT2D eigenvalue weighted by Crippen LogP contribution is 2.49. The van der Waals surface area contributed by atoms with Crippen molar-refractivity contribution >= 4 is 16.8 Å². The summed E-state index contributed by atoms with van der Waals surface area (Å²) >= 11 is 0. The number of carbonyl (C=O) groups excluding carboxylic acids is 1. The van der Waals surface area contributed by atoms with E-state index in [0.717, 1.165) is 16.5 Å². The first kappa shape index (κ1) is 13.3. The van der Waals surface area contributed by atoms with E-state index >= 15 is 0 Å². The second-order valence-corrected chi connectivity index (χ2v) is 6.53. The van der Waals surface area contributed by atoms with Crippen molar-refractivity contribution in [3.63, 3.8) is 0 Å². The van der Waals surface area contributed by atoms with Crippen LogP contribution in [-0.4, -0.2) is 16.1 Å². The van der Waals surface area contributed by atoms with Crippen LogP contribution in [0.2, 0.25) is 0 Å². The number of nitrogens with zero attached hydrogens (tertiary/aromatic N) is 1. The van der Waals surface area contributed by atoms with Gasteiger partial charge in [0.05, 0.1) is 11.1 Å². The highest BCUT2D eigenvalue weighted by Gasteiger charge is 2.49. The van der Waals surface area contributed by atoms with Crippen LogP contribution in [0, 0.1) is 0 Å². The molecule has 1 aromatic carbocycles. The molecule has 0 saturated heterocycles. The van der Waals surface area contributed by atoms with Gasteiger partial charge in [0.15, 0.2) is 11.5 Å². The predicted molar refractivity (Wildman–Crippen MR) is 75.9 cm³/mol. The molecule has 4 nitrogen and oxygen atoms in total. The lowest BCUT2D eigenvalue weighted by Crippen LogP contribution is -2.42. The van der Waals surface area contributed by atoms with Crippen molar-refractivity contribution in [3.05, 3.63) is 35.1 Å². The molecule has 20 heavy (non-hydrogen) atoms. The number of ketones is 1. The second kappa shape index (κ2) is 3.71. The van der Waals surface area contributed by atoms with Crippen molar-refractivity contribution in [2.45, 2.75) is 45.7 Å². The number of benzene rings is 1. The summed E-state index contributed by atoms with van der Waals surface area (Å²) in [5, 5.41) is 12.7. The van der Waals surface area contributed by atoms with Crippen LogP contribution in [0.5, 0.6) is 0 Å². The topological polar surface area (TPSA) is 53.7 Å². The SMILES string of the molecule is CC(=O)c1cc2cc3c(cc2o1)C(C)(C)N(O)C3(C)C. The molecule has 1 aromatic heterocycles. The highest BCUT2D eigenvalue weighted by molar-refractivity contribution is 5.96. The minimum atomic E-state index is -0.490. The first-order valence-electron chi connectivity index (χ1n) is 6.74. The summed E-state index contributed by atoms with van der Waals surface area (Å²) in [6, 6.07) is 5.72. The number of furan rings is 1. The summed E-state index contributed by atoms with van der Waals surface area (Å²) in [7, 11) is 0. The normalized spacial score (nSPS) is 20.3. The van der Waals surface area contributed by atoms with Crippen molar-refractivity contribution in [2.24, 2.45) is 0 Å². The highest BCUT2D eigenvalue weighted by atomic mass is 16.5. The Morgan fingerprint density at radius 1 is 1.10 bits per heavy atom. The molecule has 0 aliphatic carbocycles. The third-order valence-corrected chi connectivity index (χ3v) is 4.38. The number of hydroxylamine groups is 2. The lowest BCUT2D eigenvalue weighted by Gasteiger charge is -2.34. The number of Topliss-reactive ketones (excluding diaryl/α,β-unsaturated/α-hetero) is 1. The third-order valence-electron chi connectivity index (χ3n) is 4.38. The number of fused-ring (bicyclic) bond motifs is 2. The van der Waals surface area contributed by atoms with E-state index in [-0.39, 0.29) is 5.78 Å². The summed E-state index contributed by atoms with van der Waals surface area (Å²) in [4.78, 5) is 11.4. The molecule has 1 aliphatic rings. The quantitative estimate of drug-likeness (QED) is 0.803. The van der Waals surface area contributed by atoms with Gasteiger partial charge in [0.1, 0.15) is 5.58 Å². The fourth-order valence-corrected chi connectivity index (χ4v) is 3.20. The van der Waals surface area contributed by atoms with Crippen molar-refractivity contribution < 1.29 is 14.4 Å². The van der Waals surface area contributed by atoms with E-state index in [9.17, 15) is 10.0 Å². The van der Waals surface area contributed by atoms with E-state index in [1.165, 1.54) is 12.0 Å². The number of hydrogen-bond donors (Lipinski definition) is 1. The fraction of sp³-hybridized carbons (Fsp3) is 0.438. The molecule has 0 fully saturated rings. The standard InChI is InChI=1S/C16H19NO3/c1-9(18)13-7-10-6-11-12(8-14(10)20-13)16(4,5)17(19)15(11,2)3/h6-8,19H,1-5H3. The Balaban J connectivity index is 2.31. The lowest BCUT2D eigenvalue weighted by atomic mass is 9.90. The van der Waals surface area contributed by atoms with Crippen molar-refractivity contribution in [3.8, 4) is 0 Å². The molecule has 0 radical (unpaired) electrons.